The molecule has 1 saturated heterocycles. The zero-order valence-corrected chi connectivity index (χ0v) is 13.3. The second-order valence-electron chi connectivity index (χ2n) is 6.38. The highest BCUT2D eigenvalue weighted by Crippen LogP contribution is 2.31. The molecule has 0 aromatic rings. The number of rotatable bonds is 6. The minimum Gasteiger partial charge on any atom is -0.388 e. The molecule has 0 spiro atoms. The van der Waals surface area contributed by atoms with Gasteiger partial charge in [-0.3, -0.25) is 9.89 Å². The van der Waals surface area contributed by atoms with E-state index in [1.54, 1.807) is 0 Å². The second kappa shape index (κ2) is 8.06. The molecule has 2 aliphatic rings. The van der Waals surface area contributed by atoms with Crippen molar-refractivity contribution in [1.82, 2.24) is 15.5 Å². The van der Waals surface area contributed by atoms with Crippen LogP contribution in [-0.2, 0) is 0 Å². The maximum Gasteiger partial charge on any atom is 0.251 e. The van der Waals surface area contributed by atoms with E-state index in [0.29, 0.717) is 19.6 Å². The lowest BCUT2D eigenvalue weighted by atomic mass is 9.80. The van der Waals surface area contributed by atoms with Crippen LogP contribution in [0.1, 0.15) is 39.0 Å². The first-order chi connectivity index (χ1) is 10.5. The average Bonchev–Trinajstić information content (AvgIpc) is 2.44. The van der Waals surface area contributed by atoms with E-state index in [0.717, 1.165) is 44.6 Å². The van der Waals surface area contributed by atoms with Gasteiger partial charge >= 0.3 is 0 Å². The molecule has 0 amide bonds. The van der Waals surface area contributed by atoms with Crippen LogP contribution in [0, 0.1) is 0 Å². The van der Waals surface area contributed by atoms with Crippen LogP contribution in [0.25, 0.3) is 0 Å². The molecule has 0 aromatic heterocycles. The molecule has 0 unspecified atom stereocenters. The quantitative estimate of drug-likeness (QED) is 0.508. The van der Waals surface area contributed by atoms with Crippen LogP contribution in [0.15, 0.2) is 4.99 Å². The lowest BCUT2D eigenvalue weighted by molar-refractivity contribution is -0.0236. The van der Waals surface area contributed by atoms with Crippen molar-refractivity contribution in [3.8, 4) is 0 Å². The first-order valence-corrected chi connectivity index (χ1v) is 8.28. The number of aliphatic imine (C=N–C) groups is 1. The minimum atomic E-state index is -2.26. The van der Waals surface area contributed by atoms with Crippen molar-refractivity contribution in [3.05, 3.63) is 0 Å². The topological polar surface area (TPSA) is 59.9 Å². The van der Waals surface area contributed by atoms with Crippen LogP contribution < -0.4 is 10.6 Å². The zero-order chi connectivity index (χ0) is 16.0. The summed E-state index contributed by atoms with van der Waals surface area (Å²) in [5.74, 6) is 0.718. The molecule has 5 nitrogen and oxygen atoms in total. The smallest absolute Gasteiger partial charge is 0.251 e. The average molecular weight is 318 g/mol. The van der Waals surface area contributed by atoms with Gasteiger partial charge in [-0.25, -0.2) is 8.78 Å². The van der Waals surface area contributed by atoms with Gasteiger partial charge in [0.15, 0.2) is 5.96 Å². The lowest BCUT2D eigenvalue weighted by Gasteiger charge is -2.36. The molecule has 7 heteroatoms. The van der Waals surface area contributed by atoms with Gasteiger partial charge in [0.05, 0.1) is 18.7 Å². The maximum absolute atomic E-state index is 12.4. The summed E-state index contributed by atoms with van der Waals surface area (Å²) < 4.78 is 24.7. The van der Waals surface area contributed by atoms with Gasteiger partial charge in [-0.2, -0.15) is 0 Å². The van der Waals surface area contributed by atoms with Gasteiger partial charge in [0.2, 0.25) is 0 Å². The highest BCUT2D eigenvalue weighted by molar-refractivity contribution is 5.80. The minimum absolute atomic E-state index is 0.131. The number of guanidine groups is 1. The molecule has 2 rings (SSSR count). The van der Waals surface area contributed by atoms with E-state index in [1.165, 1.54) is 0 Å². The van der Waals surface area contributed by atoms with Crippen molar-refractivity contribution in [2.24, 2.45) is 4.99 Å². The molecular weight excluding hydrogens is 290 g/mol. The van der Waals surface area contributed by atoms with Crippen LogP contribution in [0.3, 0.4) is 0 Å². The highest BCUT2D eigenvalue weighted by Gasteiger charge is 2.34. The SMILES string of the molecule is CCNC(=NCC1(O)CCC1)NC1CCN(CC(F)F)CC1. The summed E-state index contributed by atoms with van der Waals surface area (Å²) in [6, 6.07) is 0.253. The summed E-state index contributed by atoms with van der Waals surface area (Å²) in [5, 5.41) is 16.7. The molecule has 22 heavy (non-hydrogen) atoms. The molecule has 0 aromatic carbocycles. The predicted molar refractivity (Wildman–Crippen MR) is 83.4 cm³/mol. The van der Waals surface area contributed by atoms with Gasteiger partial charge in [0.25, 0.3) is 6.43 Å². The van der Waals surface area contributed by atoms with Crippen molar-refractivity contribution < 1.29 is 13.9 Å². The Labute approximate surface area is 131 Å². The summed E-state index contributed by atoms with van der Waals surface area (Å²) in [5.41, 5.74) is -0.622. The molecule has 2 fully saturated rings. The van der Waals surface area contributed by atoms with E-state index in [-0.39, 0.29) is 12.6 Å². The highest BCUT2D eigenvalue weighted by atomic mass is 19.3. The Hall–Kier alpha value is -0.950. The van der Waals surface area contributed by atoms with Crippen molar-refractivity contribution >= 4 is 5.96 Å². The number of hydrogen-bond acceptors (Lipinski definition) is 3. The van der Waals surface area contributed by atoms with E-state index in [9.17, 15) is 13.9 Å². The van der Waals surface area contributed by atoms with Gasteiger partial charge in [0.1, 0.15) is 0 Å². The Morgan fingerprint density at radius 2 is 2.05 bits per heavy atom. The fourth-order valence-electron chi connectivity index (χ4n) is 2.94. The van der Waals surface area contributed by atoms with Crippen LogP contribution in [0.2, 0.25) is 0 Å². The Bertz CT molecular complexity index is 367. The fourth-order valence-corrected chi connectivity index (χ4v) is 2.94. The monoisotopic (exact) mass is 318 g/mol. The molecule has 3 N–H and O–H groups in total. The number of alkyl halides is 2. The van der Waals surface area contributed by atoms with Gasteiger partial charge in [-0.1, -0.05) is 0 Å². The third-order valence-corrected chi connectivity index (χ3v) is 4.48. The predicted octanol–water partition coefficient (Wildman–Crippen LogP) is 1.19. The van der Waals surface area contributed by atoms with Crippen molar-refractivity contribution in [3.63, 3.8) is 0 Å². The molecule has 1 aliphatic carbocycles. The zero-order valence-electron chi connectivity index (χ0n) is 13.3. The van der Waals surface area contributed by atoms with E-state index in [4.69, 9.17) is 0 Å². The van der Waals surface area contributed by atoms with E-state index >= 15 is 0 Å². The summed E-state index contributed by atoms with van der Waals surface area (Å²) in [4.78, 5) is 6.29. The number of piperidine rings is 1. The maximum atomic E-state index is 12.4. The number of nitrogens with one attached hydrogen (secondary N) is 2. The normalized spacial score (nSPS) is 23.4. The van der Waals surface area contributed by atoms with Gasteiger partial charge < -0.3 is 15.7 Å². The van der Waals surface area contributed by atoms with Gasteiger partial charge in [0, 0.05) is 25.7 Å². The molecule has 0 atom stereocenters. The summed E-state index contributed by atoms with van der Waals surface area (Å²) in [6.45, 7) is 4.42. The number of nitrogens with zero attached hydrogens (tertiary/aromatic N) is 2. The Morgan fingerprint density at radius 3 is 2.55 bits per heavy atom. The third-order valence-electron chi connectivity index (χ3n) is 4.48. The summed E-state index contributed by atoms with van der Waals surface area (Å²) in [6.07, 6.45) is 2.12. The number of aliphatic hydroxyl groups is 1. The van der Waals surface area contributed by atoms with Crippen molar-refractivity contribution in [2.75, 3.05) is 32.7 Å². The molecule has 1 saturated carbocycles. The summed E-state index contributed by atoms with van der Waals surface area (Å²) >= 11 is 0. The Kier molecular flexibility index (Phi) is 6.37. The first kappa shape index (κ1) is 17.4. The van der Waals surface area contributed by atoms with Crippen molar-refractivity contribution in [1.29, 1.82) is 0 Å². The van der Waals surface area contributed by atoms with E-state index in [1.807, 2.05) is 11.8 Å². The van der Waals surface area contributed by atoms with Crippen LogP contribution in [-0.4, -0.2) is 66.8 Å². The van der Waals surface area contributed by atoms with E-state index in [2.05, 4.69) is 15.6 Å². The molecular formula is C15H28F2N4O. The fraction of sp³-hybridized carbons (Fsp3) is 0.933. The molecule has 128 valence electrons. The number of halogens is 2. The lowest BCUT2D eigenvalue weighted by Crippen LogP contribution is -2.50. The van der Waals surface area contributed by atoms with Crippen LogP contribution >= 0.6 is 0 Å². The number of hydrogen-bond donors (Lipinski definition) is 3. The van der Waals surface area contributed by atoms with E-state index < -0.39 is 12.0 Å². The largest absolute Gasteiger partial charge is 0.388 e. The molecule has 1 heterocycles. The molecule has 0 radical (unpaired) electrons. The van der Waals surface area contributed by atoms with Crippen LogP contribution in [0.5, 0.6) is 0 Å². The third kappa shape index (κ3) is 5.35. The van der Waals surface area contributed by atoms with Crippen LogP contribution in [0.4, 0.5) is 8.78 Å². The Morgan fingerprint density at radius 1 is 1.36 bits per heavy atom. The standard InChI is InChI=1S/C15H28F2N4O/c1-2-18-14(19-11-15(22)6-3-7-15)20-12-4-8-21(9-5-12)10-13(16)17/h12-13,22H,2-11H2,1H3,(H2,18,19,20). The molecule has 0 bridgehead atoms. The molecule has 1 aliphatic heterocycles. The first-order valence-electron chi connectivity index (χ1n) is 8.28. The second-order valence-corrected chi connectivity index (χ2v) is 6.38. The summed E-state index contributed by atoms with van der Waals surface area (Å²) in [7, 11) is 0. The van der Waals surface area contributed by atoms with Gasteiger partial charge in [-0.05, 0) is 39.0 Å². The Balaban J connectivity index is 1.77. The van der Waals surface area contributed by atoms with Gasteiger partial charge in [-0.15, -0.1) is 0 Å². The van der Waals surface area contributed by atoms with Crippen molar-refractivity contribution in [2.45, 2.75) is 57.1 Å². The number of likely N-dealkylation sites (tertiary alicyclic amines) is 1.